The summed E-state index contributed by atoms with van der Waals surface area (Å²) < 4.78 is 39.5. The molecule has 0 N–H and O–H groups in total. The summed E-state index contributed by atoms with van der Waals surface area (Å²) in [5, 5.41) is 0. The van der Waals surface area contributed by atoms with Gasteiger partial charge in [-0.2, -0.15) is 13.2 Å². The van der Waals surface area contributed by atoms with Crippen molar-refractivity contribution in [2.24, 2.45) is 11.3 Å². The minimum absolute atomic E-state index is 0.181. The molecule has 5 heteroatoms. The molecule has 0 heterocycles. The molecule has 0 saturated heterocycles. The van der Waals surface area contributed by atoms with Gasteiger partial charge in [-0.05, 0) is 56.1 Å². The molecule has 0 aliphatic heterocycles. The predicted octanol–water partition coefficient (Wildman–Crippen LogP) is 4.55. The molecular formula is C20H22F3NO. The number of rotatable bonds is 2. The molecule has 1 aromatic rings. The average Bonchev–Trinajstić information content (AvgIpc) is 3.01. The van der Waals surface area contributed by atoms with Crippen molar-refractivity contribution in [1.82, 2.24) is 4.90 Å². The number of likely N-dealkylation sites (N-methyl/N-ethyl adjacent to an activating group) is 1. The summed E-state index contributed by atoms with van der Waals surface area (Å²) in [6, 6.07) is 5.57. The number of carbonyl (C=O) groups excluding carboxylic acids is 1. The van der Waals surface area contributed by atoms with Gasteiger partial charge in [-0.3, -0.25) is 9.69 Å². The van der Waals surface area contributed by atoms with E-state index in [0.29, 0.717) is 12.0 Å². The lowest BCUT2D eigenvalue weighted by molar-refractivity contribution is -0.137. The minimum Gasteiger partial charge on any atom is -0.299 e. The summed E-state index contributed by atoms with van der Waals surface area (Å²) in [6.07, 6.45) is 1.96. The van der Waals surface area contributed by atoms with Crippen LogP contribution in [0.15, 0.2) is 30.3 Å². The Morgan fingerprint density at radius 1 is 1.20 bits per heavy atom. The molecule has 25 heavy (non-hydrogen) atoms. The first-order chi connectivity index (χ1) is 11.7. The number of nitrogens with zero attached hydrogens (tertiary/aromatic N) is 1. The molecule has 2 nitrogen and oxygen atoms in total. The molecule has 0 aromatic heterocycles. The summed E-state index contributed by atoms with van der Waals surface area (Å²) in [4.78, 5) is 14.9. The molecular weight excluding hydrogens is 327 g/mol. The van der Waals surface area contributed by atoms with Crippen LogP contribution >= 0.6 is 0 Å². The van der Waals surface area contributed by atoms with E-state index in [2.05, 4.69) is 4.90 Å². The molecule has 2 bridgehead atoms. The van der Waals surface area contributed by atoms with Gasteiger partial charge in [0.1, 0.15) is 5.78 Å². The van der Waals surface area contributed by atoms with Gasteiger partial charge in [0, 0.05) is 6.42 Å². The van der Waals surface area contributed by atoms with E-state index in [1.54, 1.807) is 6.07 Å². The van der Waals surface area contributed by atoms with Gasteiger partial charge in [-0.1, -0.05) is 31.1 Å². The maximum Gasteiger partial charge on any atom is 0.416 e. The Morgan fingerprint density at radius 2 is 1.96 bits per heavy atom. The van der Waals surface area contributed by atoms with Crippen molar-refractivity contribution >= 4 is 11.4 Å². The Bertz CT molecular complexity index is 766. The van der Waals surface area contributed by atoms with E-state index in [1.807, 2.05) is 20.2 Å². The van der Waals surface area contributed by atoms with Crippen molar-refractivity contribution < 1.29 is 18.0 Å². The third kappa shape index (κ3) is 2.11. The van der Waals surface area contributed by atoms with Gasteiger partial charge >= 0.3 is 6.18 Å². The molecule has 0 spiro atoms. The summed E-state index contributed by atoms with van der Waals surface area (Å²) in [7, 11) is 3.90. The van der Waals surface area contributed by atoms with Crippen molar-refractivity contribution in [2.75, 3.05) is 14.1 Å². The van der Waals surface area contributed by atoms with Crippen molar-refractivity contribution in [1.29, 1.82) is 0 Å². The summed E-state index contributed by atoms with van der Waals surface area (Å²) in [5.74, 6) is 0.447. The van der Waals surface area contributed by atoms with E-state index >= 15 is 0 Å². The molecule has 134 valence electrons. The van der Waals surface area contributed by atoms with Crippen molar-refractivity contribution in [3.8, 4) is 0 Å². The molecule has 0 radical (unpaired) electrons. The van der Waals surface area contributed by atoms with Crippen LogP contribution in [0.1, 0.15) is 43.2 Å². The SMILES string of the molecule is CN(C)[C@@]12CC(=O)[C@]3(C=C1c1cccc(C(F)(F)F)c1)CCCC[C@@H]32. The Hall–Kier alpha value is -1.62. The average molecular weight is 349 g/mol. The fourth-order valence-electron chi connectivity index (χ4n) is 5.55. The molecule has 0 amide bonds. The molecule has 3 aliphatic rings. The molecule has 1 aromatic carbocycles. The highest BCUT2D eigenvalue weighted by Gasteiger charge is 2.68. The lowest BCUT2D eigenvalue weighted by Gasteiger charge is -2.43. The van der Waals surface area contributed by atoms with Crippen LogP contribution in [0.25, 0.3) is 5.57 Å². The zero-order valence-electron chi connectivity index (χ0n) is 14.5. The first-order valence-corrected chi connectivity index (χ1v) is 8.83. The van der Waals surface area contributed by atoms with Crippen LogP contribution in [-0.2, 0) is 11.0 Å². The molecule has 4 rings (SSSR count). The zero-order chi connectivity index (χ0) is 18.0. The van der Waals surface area contributed by atoms with E-state index in [0.717, 1.165) is 37.3 Å². The summed E-state index contributed by atoms with van der Waals surface area (Å²) >= 11 is 0. The van der Waals surface area contributed by atoms with Crippen LogP contribution in [0.4, 0.5) is 13.2 Å². The highest BCUT2D eigenvalue weighted by Crippen LogP contribution is 2.66. The number of hydrogen-bond acceptors (Lipinski definition) is 2. The quantitative estimate of drug-likeness (QED) is 0.781. The van der Waals surface area contributed by atoms with Gasteiger partial charge in [-0.25, -0.2) is 0 Å². The maximum absolute atomic E-state index is 13.2. The van der Waals surface area contributed by atoms with Gasteiger partial charge < -0.3 is 0 Å². The standard InChI is InChI=1S/C20H22F3NO/c1-24(2)19-12-17(25)18(9-4-3-8-16(18)19)11-15(19)13-6-5-7-14(10-13)20(21,22)23/h5-7,10-11,16H,3-4,8-9,12H2,1-2H3/t16-,18-,19-/m0/s1. The number of carbonyl (C=O) groups is 1. The largest absolute Gasteiger partial charge is 0.416 e. The van der Waals surface area contributed by atoms with Crippen LogP contribution in [0, 0.1) is 11.3 Å². The number of alkyl halides is 3. The fraction of sp³-hybridized carbons (Fsp3) is 0.550. The zero-order valence-corrected chi connectivity index (χ0v) is 14.5. The van der Waals surface area contributed by atoms with E-state index in [4.69, 9.17) is 0 Å². The van der Waals surface area contributed by atoms with Crippen LogP contribution in [0.5, 0.6) is 0 Å². The minimum atomic E-state index is -4.36. The monoisotopic (exact) mass is 349 g/mol. The Kier molecular flexibility index (Phi) is 3.50. The second kappa shape index (κ2) is 5.19. The number of hydrogen-bond donors (Lipinski definition) is 0. The van der Waals surface area contributed by atoms with E-state index in [-0.39, 0.29) is 11.7 Å². The van der Waals surface area contributed by atoms with Gasteiger partial charge in [0.2, 0.25) is 0 Å². The lowest BCUT2D eigenvalue weighted by atomic mass is 9.68. The Balaban J connectivity index is 1.89. The number of Topliss-reactive ketones (excluding diaryl/α,β-unsaturated/α-hetero) is 1. The predicted molar refractivity (Wildman–Crippen MR) is 89.9 cm³/mol. The second-order valence-electron chi connectivity index (χ2n) is 7.89. The van der Waals surface area contributed by atoms with Gasteiger partial charge in [0.25, 0.3) is 0 Å². The van der Waals surface area contributed by atoms with Crippen LogP contribution in [0.3, 0.4) is 0 Å². The molecule has 3 aliphatic carbocycles. The topological polar surface area (TPSA) is 20.3 Å². The van der Waals surface area contributed by atoms with Crippen LogP contribution in [-0.4, -0.2) is 30.3 Å². The maximum atomic E-state index is 13.2. The normalized spacial score (nSPS) is 34.4. The molecule has 3 atom stereocenters. The molecule has 2 saturated carbocycles. The first-order valence-electron chi connectivity index (χ1n) is 8.83. The van der Waals surface area contributed by atoms with Crippen LogP contribution < -0.4 is 0 Å². The Morgan fingerprint density at radius 3 is 2.64 bits per heavy atom. The summed E-state index contributed by atoms with van der Waals surface area (Å²) in [6.45, 7) is 0. The van der Waals surface area contributed by atoms with Crippen LogP contribution in [0.2, 0.25) is 0 Å². The summed E-state index contributed by atoms with van der Waals surface area (Å²) in [5.41, 5.74) is -0.0531. The number of halogens is 3. The van der Waals surface area contributed by atoms with Gasteiger partial charge in [0.15, 0.2) is 0 Å². The smallest absolute Gasteiger partial charge is 0.299 e. The highest BCUT2D eigenvalue weighted by molar-refractivity contribution is 6.01. The third-order valence-electron chi connectivity index (χ3n) is 6.65. The van der Waals surface area contributed by atoms with E-state index < -0.39 is 22.7 Å². The van der Waals surface area contributed by atoms with E-state index in [9.17, 15) is 18.0 Å². The molecule has 2 fully saturated rings. The molecule has 0 unspecified atom stereocenters. The van der Waals surface area contributed by atoms with Crippen molar-refractivity contribution in [3.63, 3.8) is 0 Å². The van der Waals surface area contributed by atoms with Gasteiger partial charge in [0.05, 0.1) is 16.5 Å². The van der Waals surface area contributed by atoms with Crippen molar-refractivity contribution in [2.45, 2.75) is 43.8 Å². The number of ketones is 1. The fourth-order valence-corrected chi connectivity index (χ4v) is 5.55. The van der Waals surface area contributed by atoms with Crippen molar-refractivity contribution in [3.05, 3.63) is 41.5 Å². The van der Waals surface area contributed by atoms with Gasteiger partial charge in [-0.15, -0.1) is 0 Å². The highest BCUT2D eigenvalue weighted by atomic mass is 19.4. The number of benzene rings is 1. The number of allylic oxidation sites excluding steroid dienone is 1. The lowest BCUT2D eigenvalue weighted by Crippen LogP contribution is -2.48. The van der Waals surface area contributed by atoms with E-state index in [1.165, 1.54) is 12.1 Å². The second-order valence-corrected chi connectivity index (χ2v) is 7.89. The first kappa shape index (κ1) is 16.8. The third-order valence-corrected chi connectivity index (χ3v) is 6.65. The Labute approximate surface area is 145 Å².